The fourth-order valence-corrected chi connectivity index (χ4v) is 6.62. The fraction of sp³-hybridized carbons (Fsp3) is 0.514. The lowest BCUT2D eigenvalue weighted by atomic mass is 9.84. The summed E-state index contributed by atoms with van der Waals surface area (Å²) < 4.78 is 5.76. The van der Waals surface area contributed by atoms with E-state index in [2.05, 4.69) is 21.3 Å². The van der Waals surface area contributed by atoms with Gasteiger partial charge in [-0.15, -0.1) is 0 Å². The van der Waals surface area contributed by atoms with Crippen molar-refractivity contribution in [3.8, 4) is 5.75 Å². The molecule has 0 radical (unpaired) electrons. The third-order valence-corrected chi connectivity index (χ3v) is 9.14. The number of rotatable bonds is 14. The first kappa shape index (κ1) is 34.6. The predicted octanol–water partition coefficient (Wildman–Crippen LogP) is 3.68. The molecule has 11 heteroatoms. The maximum absolute atomic E-state index is 13.4. The molecule has 0 unspecified atom stereocenters. The van der Waals surface area contributed by atoms with Crippen LogP contribution in [0.5, 0.6) is 5.75 Å². The molecule has 1 saturated carbocycles. The van der Waals surface area contributed by atoms with Crippen LogP contribution in [0.3, 0.4) is 0 Å². The zero-order chi connectivity index (χ0) is 33.1. The summed E-state index contributed by atoms with van der Waals surface area (Å²) >= 11 is 6.14. The zero-order valence-corrected chi connectivity index (χ0v) is 27.0. The maximum atomic E-state index is 13.4. The van der Waals surface area contributed by atoms with E-state index in [0.29, 0.717) is 53.4 Å². The van der Waals surface area contributed by atoms with Gasteiger partial charge in [-0.25, -0.2) is 19.2 Å². The first-order valence-electron chi connectivity index (χ1n) is 15.9. The number of hydrogen-bond acceptors (Lipinski definition) is 9. The molecule has 4 rings (SSSR count). The number of allylic oxidation sites excluding steroid dienone is 1. The molecule has 0 aromatic heterocycles. The van der Waals surface area contributed by atoms with Gasteiger partial charge in [-0.1, -0.05) is 57.6 Å². The quantitative estimate of drug-likeness (QED) is 0.222. The largest absolute Gasteiger partial charge is 0.488 e. The minimum atomic E-state index is -0.760. The average Bonchev–Trinajstić information content (AvgIpc) is 3.51. The first-order chi connectivity index (χ1) is 22.3. The van der Waals surface area contributed by atoms with E-state index in [-0.39, 0.29) is 35.8 Å². The van der Waals surface area contributed by atoms with Gasteiger partial charge in [0.25, 0.3) is 5.91 Å². The van der Waals surface area contributed by atoms with Crippen LogP contribution in [0.4, 0.5) is 0 Å². The molecule has 4 N–H and O–H groups in total. The summed E-state index contributed by atoms with van der Waals surface area (Å²) in [6, 6.07) is 3.12. The van der Waals surface area contributed by atoms with E-state index in [0.717, 1.165) is 32.1 Å². The number of carbonyl (C=O) groups excluding carboxylic acids is 5. The second kappa shape index (κ2) is 16.9. The summed E-state index contributed by atoms with van der Waals surface area (Å²) in [5.74, 6) is 7.85. The van der Waals surface area contributed by atoms with Crippen molar-refractivity contribution < 1.29 is 28.7 Å². The van der Waals surface area contributed by atoms with E-state index >= 15 is 0 Å². The second-order valence-electron chi connectivity index (χ2n) is 12.5. The Morgan fingerprint density at radius 3 is 2.46 bits per heavy atom. The monoisotopic (exact) mass is 648 g/mol. The highest BCUT2D eigenvalue weighted by molar-refractivity contribution is 6.30. The highest BCUT2D eigenvalue weighted by atomic mass is 35.5. The van der Waals surface area contributed by atoms with Crippen LogP contribution in [0.25, 0.3) is 6.08 Å². The molecular weight excluding hydrogens is 608 g/mol. The average molecular weight is 649 g/mol. The van der Waals surface area contributed by atoms with Crippen LogP contribution in [0, 0.1) is 17.8 Å². The Morgan fingerprint density at radius 1 is 1.02 bits per heavy atom. The second-order valence-corrected chi connectivity index (χ2v) is 12.9. The topological polar surface area (TPSA) is 143 Å². The van der Waals surface area contributed by atoms with Gasteiger partial charge in [0.15, 0.2) is 0 Å². The molecule has 1 aromatic rings. The lowest BCUT2D eigenvalue weighted by Gasteiger charge is -2.32. The van der Waals surface area contributed by atoms with Crippen LogP contribution >= 0.6 is 11.6 Å². The Balaban J connectivity index is 1.56. The molecule has 2 aliphatic heterocycles. The number of amides is 1. The number of benzene rings is 1. The number of hydrogen-bond donors (Lipinski definition) is 4. The van der Waals surface area contributed by atoms with E-state index in [1.165, 1.54) is 6.08 Å². The molecule has 1 aliphatic carbocycles. The van der Waals surface area contributed by atoms with Gasteiger partial charge in [0.1, 0.15) is 47.5 Å². The van der Waals surface area contributed by atoms with Crippen LogP contribution in [0.15, 0.2) is 46.9 Å². The molecule has 4 atom stereocenters. The molecule has 1 saturated heterocycles. The molecule has 244 valence electrons. The van der Waals surface area contributed by atoms with Gasteiger partial charge in [-0.3, -0.25) is 4.79 Å². The zero-order valence-electron chi connectivity index (χ0n) is 26.2. The lowest BCUT2D eigenvalue weighted by Crippen LogP contribution is -2.49. The van der Waals surface area contributed by atoms with Gasteiger partial charge in [0.05, 0.1) is 29.4 Å². The Labute approximate surface area is 274 Å². The van der Waals surface area contributed by atoms with Crippen molar-refractivity contribution >= 4 is 47.3 Å². The van der Waals surface area contributed by atoms with E-state index < -0.39 is 24.0 Å². The number of halogens is 1. The molecule has 0 spiro atoms. The molecule has 1 aromatic carbocycles. The number of ether oxygens (including phenoxy) is 1. The predicted molar refractivity (Wildman–Crippen MR) is 175 cm³/mol. The Morgan fingerprint density at radius 2 is 1.78 bits per heavy atom. The molecule has 2 heterocycles. The van der Waals surface area contributed by atoms with Gasteiger partial charge in [0.2, 0.25) is 0 Å². The van der Waals surface area contributed by atoms with Gasteiger partial charge in [0, 0.05) is 29.1 Å². The standard InChI is InChI=1S/C35H41ClN4O6/c1-22(2)34(40-35(45)26-15-25-16-27(36)8-9-33(25)46-21-26)32(20-44)39-29(14-23-6-4-3-5-7-23)31(19-43)38-28(11-13-41)17-24-10-12-37-30(24)18-42/h8-9,11,15-16,22-24,28-29,34,37-39H,3-7,10,12,14,17,21H2,1-2H3,(H,40,45)/t24-,28+,29-,34-/m0/s1. The fourth-order valence-electron chi connectivity index (χ4n) is 6.44. The maximum Gasteiger partial charge on any atom is 0.251 e. The van der Waals surface area contributed by atoms with Gasteiger partial charge >= 0.3 is 0 Å². The van der Waals surface area contributed by atoms with E-state index in [1.807, 2.05) is 31.7 Å². The van der Waals surface area contributed by atoms with E-state index in [4.69, 9.17) is 16.3 Å². The smallest absolute Gasteiger partial charge is 0.251 e. The molecule has 2 fully saturated rings. The number of nitrogens with one attached hydrogen (secondary N) is 4. The third-order valence-electron chi connectivity index (χ3n) is 8.91. The minimum Gasteiger partial charge on any atom is -0.488 e. The SMILES string of the molecule is CC(C)[C@H](NC(=O)C1=Cc2cc(Cl)ccc2OC1)C(=C=O)N[C@@H](CC1CCCCC1)C(=C=O)N[C@H](C=C=O)C[C@@H]1CCNC1=C=O. The Bertz CT molecular complexity index is 1510. The summed E-state index contributed by atoms with van der Waals surface area (Å²) in [6.07, 6.45) is 9.83. The molecule has 0 bridgehead atoms. The Hall–Kier alpha value is -4.28. The minimum absolute atomic E-state index is 0.0499. The van der Waals surface area contributed by atoms with Gasteiger partial charge in [-0.05, 0) is 55.4 Å². The molecule has 10 nitrogen and oxygen atoms in total. The van der Waals surface area contributed by atoms with Crippen molar-refractivity contribution in [1.29, 1.82) is 0 Å². The van der Waals surface area contributed by atoms with Crippen LogP contribution < -0.4 is 26.0 Å². The molecule has 46 heavy (non-hydrogen) atoms. The highest BCUT2D eigenvalue weighted by Crippen LogP contribution is 2.31. The van der Waals surface area contributed by atoms with Crippen molar-refractivity contribution in [2.75, 3.05) is 13.2 Å². The molecule has 1 amide bonds. The molecule has 3 aliphatic rings. The first-order valence-corrected chi connectivity index (χ1v) is 16.3. The van der Waals surface area contributed by atoms with Crippen molar-refractivity contribution in [1.82, 2.24) is 21.3 Å². The van der Waals surface area contributed by atoms with Crippen molar-refractivity contribution in [2.45, 2.75) is 83.3 Å². The lowest BCUT2D eigenvalue weighted by molar-refractivity contribution is -0.118. The van der Waals surface area contributed by atoms with Crippen LogP contribution in [-0.4, -0.2) is 60.9 Å². The van der Waals surface area contributed by atoms with E-state index in [1.54, 1.807) is 30.2 Å². The molecular formula is C35H41ClN4O6. The van der Waals surface area contributed by atoms with Crippen molar-refractivity contribution in [3.05, 3.63) is 57.5 Å². The normalized spacial score (nSPS) is 19.3. The Kier molecular flexibility index (Phi) is 12.7. The number of fused-ring (bicyclic) bond motifs is 1. The van der Waals surface area contributed by atoms with Crippen molar-refractivity contribution in [2.24, 2.45) is 17.8 Å². The van der Waals surface area contributed by atoms with Crippen LogP contribution in [-0.2, 0) is 24.0 Å². The van der Waals surface area contributed by atoms with Gasteiger partial charge < -0.3 is 26.0 Å². The van der Waals surface area contributed by atoms with Crippen LogP contribution in [0.2, 0.25) is 5.02 Å². The van der Waals surface area contributed by atoms with Crippen molar-refractivity contribution in [3.63, 3.8) is 0 Å². The van der Waals surface area contributed by atoms with Gasteiger partial charge in [-0.2, -0.15) is 0 Å². The van der Waals surface area contributed by atoms with Crippen LogP contribution in [0.1, 0.15) is 70.8 Å². The highest BCUT2D eigenvalue weighted by Gasteiger charge is 2.31. The summed E-state index contributed by atoms with van der Waals surface area (Å²) in [5, 5.41) is 12.9. The summed E-state index contributed by atoms with van der Waals surface area (Å²) in [4.78, 5) is 61.3. The third kappa shape index (κ3) is 9.14. The summed E-state index contributed by atoms with van der Waals surface area (Å²) in [7, 11) is 0. The number of carbonyl (C=O) groups is 1. The summed E-state index contributed by atoms with van der Waals surface area (Å²) in [5.41, 5.74) is 1.72. The van der Waals surface area contributed by atoms with E-state index in [9.17, 15) is 24.0 Å². The summed E-state index contributed by atoms with van der Waals surface area (Å²) in [6.45, 7) is 4.41.